The summed E-state index contributed by atoms with van der Waals surface area (Å²) in [7, 11) is -3.34. The van der Waals surface area contributed by atoms with E-state index in [0.717, 1.165) is 24.8 Å². The summed E-state index contributed by atoms with van der Waals surface area (Å²) in [4.78, 5) is 12.7. The van der Waals surface area contributed by atoms with Gasteiger partial charge in [-0.2, -0.15) is 0 Å². The molecule has 0 aromatic heterocycles. The number of amides is 1. The van der Waals surface area contributed by atoms with Crippen LogP contribution in [0.1, 0.15) is 43.2 Å². The van der Waals surface area contributed by atoms with Crippen LogP contribution in [0.3, 0.4) is 0 Å². The highest BCUT2D eigenvalue weighted by Crippen LogP contribution is 2.21. The second-order valence-electron chi connectivity index (χ2n) is 8.16. The molecule has 1 aliphatic heterocycles. The topological polar surface area (TPSA) is 66.5 Å². The molecule has 0 saturated carbocycles. The Bertz CT molecular complexity index is 901. The van der Waals surface area contributed by atoms with Gasteiger partial charge in [0, 0.05) is 19.6 Å². The number of nitrogens with zero attached hydrogens (tertiary/aromatic N) is 1. The van der Waals surface area contributed by atoms with Crippen molar-refractivity contribution in [3.63, 3.8) is 0 Å². The Morgan fingerprint density at radius 2 is 1.77 bits per heavy atom. The molecule has 1 aliphatic rings. The Labute approximate surface area is 180 Å². The summed E-state index contributed by atoms with van der Waals surface area (Å²) in [5, 5.41) is 3.03. The molecule has 2 atom stereocenters. The van der Waals surface area contributed by atoms with Crippen LogP contribution in [0.4, 0.5) is 0 Å². The van der Waals surface area contributed by atoms with E-state index >= 15 is 0 Å². The zero-order valence-corrected chi connectivity index (χ0v) is 18.5. The third kappa shape index (κ3) is 6.41. The Hall–Kier alpha value is -2.18. The molecule has 1 amide bonds. The molecule has 1 heterocycles. The van der Waals surface area contributed by atoms with Gasteiger partial charge in [0.25, 0.3) is 0 Å². The van der Waals surface area contributed by atoms with Crippen LogP contribution in [-0.2, 0) is 21.2 Å². The summed E-state index contributed by atoms with van der Waals surface area (Å²) in [6.45, 7) is 3.44. The van der Waals surface area contributed by atoms with Gasteiger partial charge < -0.3 is 5.32 Å². The molecule has 1 saturated heterocycles. The van der Waals surface area contributed by atoms with Gasteiger partial charge in [0.1, 0.15) is 0 Å². The van der Waals surface area contributed by atoms with E-state index in [1.54, 1.807) is 0 Å². The van der Waals surface area contributed by atoms with Crippen molar-refractivity contribution in [3.8, 4) is 0 Å². The van der Waals surface area contributed by atoms with Gasteiger partial charge in [-0.15, -0.1) is 0 Å². The van der Waals surface area contributed by atoms with Crippen LogP contribution in [0.25, 0.3) is 0 Å². The lowest BCUT2D eigenvalue weighted by molar-refractivity contribution is -0.126. The summed E-state index contributed by atoms with van der Waals surface area (Å²) >= 11 is 0. The van der Waals surface area contributed by atoms with Gasteiger partial charge in [-0.05, 0) is 42.7 Å². The molecule has 0 radical (unpaired) electrons. The summed E-state index contributed by atoms with van der Waals surface area (Å²) in [5.74, 6) is 0.0329. The number of aryl methyl sites for hydroxylation is 1. The lowest BCUT2D eigenvalue weighted by Gasteiger charge is -2.31. The fraction of sp³-hybridized carbons (Fsp3) is 0.458. The first-order chi connectivity index (χ1) is 14.5. The van der Waals surface area contributed by atoms with E-state index in [2.05, 4.69) is 24.4 Å². The fourth-order valence-electron chi connectivity index (χ4n) is 3.94. The molecule has 6 heteroatoms. The lowest BCUT2D eigenvalue weighted by Crippen LogP contribution is -2.46. The zero-order chi connectivity index (χ0) is 21.4. The molecule has 0 bridgehead atoms. The largest absolute Gasteiger partial charge is 0.355 e. The second kappa shape index (κ2) is 10.7. The number of rotatable bonds is 9. The molecule has 162 valence electrons. The van der Waals surface area contributed by atoms with Crippen LogP contribution in [0.2, 0.25) is 0 Å². The molecule has 2 aromatic carbocycles. The average molecular weight is 429 g/mol. The van der Waals surface area contributed by atoms with Gasteiger partial charge in [-0.3, -0.25) is 4.79 Å². The number of hydrogen-bond acceptors (Lipinski definition) is 3. The maximum Gasteiger partial charge on any atom is 0.224 e. The molecule has 1 N–H and O–H groups in total. The van der Waals surface area contributed by atoms with Crippen molar-refractivity contribution in [2.75, 3.05) is 25.4 Å². The van der Waals surface area contributed by atoms with E-state index in [0.29, 0.717) is 26.1 Å². The van der Waals surface area contributed by atoms with Crippen LogP contribution < -0.4 is 5.32 Å². The molecular formula is C24H32N2O3S. The van der Waals surface area contributed by atoms with E-state index in [9.17, 15) is 13.2 Å². The van der Waals surface area contributed by atoms with Crippen molar-refractivity contribution in [1.29, 1.82) is 0 Å². The summed E-state index contributed by atoms with van der Waals surface area (Å²) < 4.78 is 27.1. The summed E-state index contributed by atoms with van der Waals surface area (Å²) in [6.07, 6.45) is 2.80. The molecule has 30 heavy (non-hydrogen) atoms. The minimum atomic E-state index is -3.34. The van der Waals surface area contributed by atoms with E-state index in [1.165, 1.54) is 9.87 Å². The van der Waals surface area contributed by atoms with Gasteiger partial charge in [0.2, 0.25) is 15.9 Å². The average Bonchev–Trinajstić information content (AvgIpc) is 2.78. The third-order valence-electron chi connectivity index (χ3n) is 5.81. The monoisotopic (exact) mass is 428 g/mol. The van der Waals surface area contributed by atoms with Crippen LogP contribution in [-0.4, -0.2) is 44.0 Å². The first-order valence-corrected chi connectivity index (χ1v) is 12.4. The van der Waals surface area contributed by atoms with E-state index in [4.69, 9.17) is 0 Å². The highest BCUT2D eigenvalue weighted by Gasteiger charge is 2.32. The molecular weight excluding hydrogens is 396 g/mol. The van der Waals surface area contributed by atoms with E-state index in [1.807, 2.05) is 48.5 Å². The molecule has 2 unspecified atom stereocenters. The maximum absolute atomic E-state index is 12.8. The number of piperidine rings is 1. The number of benzene rings is 2. The molecule has 3 rings (SSSR count). The Morgan fingerprint density at radius 3 is 2.47 bits per heavy atom. The summed E-state index contributed by atoms with van der Waals surface area (Å²) in [5.41, 5.74) is 2.33. The molecule has 2 aromatic rings. The molecule has 1 fully saturated rings. The van der Waals surface area contributed by atoms with Crippen LogP contribution in [0.15, 0.2) is 60.7 Å². The van der Waals surface area contributed by atoms with Crippen molar-refractivity contribution >= 4 is 15.9 Å². The summed E-state index contributed by atoms with van der Waals surface area (Å²) in [6, 6.07) is 20.0. The highest BCUT2D eigenvalue weighted by molar-refractivity contribution is 7.89. The van der Waals surface area contributed by atoms with Crippen molar-refractivity contribution in [2.45, 2.75) is 38.5 Å². The van der Waals surface area contributed by atoms with Crippen LogP contribution in [0.5, 0.6) is 0 Å². The first kappa shape index (κ1) is 22.5. The van der Waals surface area contributed by atoms with E-state index < -0.39 is 10.0 Å². The van der Waals surface area contributed by atoms with Gasteiger partial charge in [0.05, 0.1) is 11.7 Å². The Kier molecular flexibility index (Phi) is 8.05. The Morgan fingerprint density at radius 1 is 1.10 bits per heavy atom. The van der Waals surface area contributed by atoms with Crippen molar-refractivity contribution in [3.05, 3.63) is 71.8 Å². The highest BCUT2D eigenvalue weighted by atomic mass is 32.2. The number of hydrogen-bond donors (Lipinski definition) is 1. The van der Waals surface area contributed by atoms with Crippen molar-refractivity contribution in [2.24, 2.45) is 5.92 Å². The van der Waals surface area contributed by atoms with Crippen molar-refractivity contribution < 1.29 is 13.2 Å². The van der Waals surface area contributed by atoms with Gasteiger partial charge in [-0.1, -0.05) is 67.6 Å². The second-order valence-corrected chi connectivity index (χ2v) is 10.2. The number of carbonyl (C=O) groups is 1. The SMILES string of the molecule is CC(CNC(=O)C1CCCN(S(=O)(=O)CCCc2ccccc2)C1)c1ccccc1. The normalized spacial score (nSPS) is 18.6. The Balaban J connectivity index is 1.48. The van der Waals surface area contributed by atoms with Gasteiger partial charge in [-0.25, -0.2) is 12.7 Å². The number of nitrogens with one attached hydrogen (secondary N) is 1. The number of carbonyl (C=O) groups excluding carboxylic acids is 1. The predicted molar refractivity (Wildman–Crippen MR) is 121 cm³/mol. The molecule has 5 nitrogen and oxygen atoms in total. The van der Waals surface area contributed by atoms with Gasteiger partial charge >= 0.3 is 0 Å². The lowest BCUT2D eigenvalue weighted by atomic mass is 9.97. The fourth-order valence-corrected chi connectivity index (χ4v) is 5.52. The van der Waals surface area contributed by atoms with Gasteiger partial charge in [0.15, 0.2) is 0 Å². The molecule has 0 aliphatic carbocycles. The number of sulfonamides is 1. The van der Waals surface area contributed by atoms with Crippen LogP contribution in [0, 0.1) is 5.92 Å². The zero-order valence-electron chi connectivity index (χ0n) is 17.7. The smallest absolute Gasteiger partial charge is 0.224 e. The predicted octanol–water partition coefficient (Wildman–Crippen LogP) is 3.58. The van der Waals surface area contributed by atoms with E-state index in [-0.39, 0.29) is 23.5 Å². The standard InChI is InChI=1S/C24H32N2O3S/c1-20(22-13-6-3-7-14-22)18-25-24(27)23-15-8-16-26(19-23)30(28,29)17-9-12-21-10-4-2-5-11-21/h2-7,10-11,13-14,20,23H,8-9,12,15-19H2,1H3,(H,25,27). The minimum absolute atomic E-state index is 0.0398. The molecule has 0 spiro atoms. The quantitative estimate of drug-likeness (QED) is 0.664. The first-order valence-electron chi connectivity index (χ1n) is 10.8. The maximum atomic E-state index is 12.8. The van der Waals surface area contributed by atoms with Crippen molar-refractivity contribution in [1.82, 2.24) is 9.62 Å². The minimum Gasteiger partial charge on any atom is -0.355 e. The third-order valence-corrected chi connectivity index (χ3v) is 7.73. The van der Waals surface area contributed by atoms with Crippen LogP contribution >= 0.6 is 0 Å².